The number of rotatable bonds is 6. The van der Waals surface area contributed by atoms with Crippen molar-refractivity contribution in [2.45, 2.75) is 45.1 Å². The lowest BCUT2D eigenvalue weighted by atomic mass is 9.91. The summed E-state index contributed by atoms with van der Waals surface area (Å²) in [4.78, 5) is 12.3. The maximum Gasteiger partial charge on any atom is 0.220 e. The van der Waals surface area contributed by atoms with Crippen molar-refractivity contribution >= 4 is 5.91 Å². The summed E-state index contributed by atoms with van der Waals surface area (Å²) in [5, 5.41) is 7.68. The van der Waals surface area contributed by atoms with Crippen LogP contribution in [0.5, 0.6) is 5.75 Å². The third kappa shape index (κ3) is 3.78. The molecule has 0 spiro atoms. The van der Waals surface area contributed by atoms with Gasteiger partial charge in [0.15, 0.2) is 0 Å². The Bertz CT molecular complexity index is 694. The SMILES string of the molecule is Cc1nn(C)c2c1C(NC(=O)CCCOc1ccccc1)CCC2. The van der Waals surface area contributed by atoms with Crippen molar-refractivity contribution in [3.8, 4) is 5.75 Å². The predicted molar refractivity (Wildman–Crippen MR) is 92.9 cm³/mol. The topological polar surface area (TPSA) is 56.2 Å². The average molecular weight is 327 g/mol. The molecule has 24 heavy (non-hydrogen) atoms. The maximum absolute atomic E-state index is 12.3. The summed E-state index contributed by atoms with van der Waals surface area (Å²) in [7, 11) is 1.98. The third-order valence-corrected chi connectivity index (χ3v) is 4.54. The van der Waals surface area contributed by atoms with E-state index in [9.17, 15) is 4.79 Å². The molecular formula is C19H25N3O2. The third-order valence-electron chi connectivity index (χ3n) is 4.54. The molecule has 0 radical (unpaired) electrons. The zero-order valence-corrected chi connectivity index (χ0v) is 14.4. The Labute approximate surface area is 143 Å². The van der Waals surface area contributed by atoms with Crippen LogP contribution in [0.15, 0.2) is 30.3 Å². The summed E-state index contributed by atoms with van der Waals surface area (Å²) in [5.74, 6) is 0.938. The molecule has 0 aliphatic heterocycles. The number of nitrogens with one attached hydrogen (secondary N) is 1. The molecule has 0 saturated carbocycles. The van der Waals surface area contributed by atoms with E-state index in [1.54, 1.807) is 0 Å². The van der Waals surface area contributed by atoms with E-state index in [0.717, 1.165) is 30.7 Å². The molecule has 1 unspecified atom stereocenters. The fraction of sp³-hybridized carbons (Fsp3) is 0.474. The summed E-state index contributed by atoms with van der Waals surface area (Å²) in [6, 6.07) is 9.80. The van der Waals surface area contributed by atoms with E-state index in [0.29, 0.717) is 19.4 Å². The highest BCUT2D eigenvalue weighted by atomic mass is 16.5. The largest absolute Gasteiger partial charge is 0.494 e. The predicted octanol–water partition coefficient (Wildman–Crippen LogP) is 3.08. The number of ether oxygens (including phenoxy) is 1. The Kier molecular flexibility index (Phi) is 5.18. The summed E-state index contributed by atoms with van der Waals surface area (Å²) in [6.07, 6.45) is 4.33. The van der Waals surface area contributed by atoms with Crippen LogP contribution in [0, 0.1) is 6.92 Å². The van der Waals surface area contributed by atoms with Gasteiger partial charge in [-0.3, -0.25) is 9.48 Å². The molecule has 5 nitrogen and oxygen atoms in total. The molecule has 128 valence electrons. The molecule has 1 atom stereocenters. The first-order chi connectivity index (χ1) is 11.6. The number of aryl methyl sites for hydroxylation is 2. The number of hydrogen-bond acceptors (Lipinski definition) is 3. The zero-order valence-electron chi connectivity index (χ0n) is 14.4. The Morgan fingerprint density at radius 2 is 2.17 bits per heavy atom. The Balaban J connectivity index is 1.48. The van der Waals surface area contributed by atoms with E-state index in [1.165, 1.54) is 11.3 Å². The molecule has 1 N–H and O–H groups in total. The summed E-state index contributed by atoms with van der Waals surface area (Å²) < 4.78 is 7.59. The minimum absolute atomic E-state index is 0.0905. The zero-order chi connectivity index (χ0) is 16.9. The van der Waals surface area contributed by atoms with Gasteiger partial charge in [0.05, 0.1) is 18.3 Å². The van der Waals surface area contributed by atoms with Crippen molar-refractivity contribution in [2.24, 2.45) is 7.05 Å². The summed E-state index contributed by atoms with van der Waals surface area (Å²) in [6.45, 7) is 2.58. The van der Waals surface area contributed by atoms with Crippen LogP contribution in [0.1, 0.15) is 48.7 Å². The van der Waals surface area contributed by atoms with Gasteiger partial charge in [0, 0.05) is 24.7 Å². The number of carbonyl (C=O) groups is 1. The first-order valence-electron chi connectivity index (χ1n) is 8.64. The van der Waals surface area contributed by atoms with E-state index in [-0.39, 0.29) is 11.9 Å². The molecule has 1 amide bonds. The maximum atomic E-state index is 12.3. The second kappa shape index (κ2) is 7.51. The van der Waals surface area contributed by atoms with Gasteiger partial charge < -0.3 is 10.1 Å². The minimum Gasteiger partial charge on any atom is -0.494 e. The van der Waals surface area contributed by atoms with Crippen LogP contribution in [0.4, 0.5) is 0 Å². The molecule has 5 heteroatoms. The van der Waals surface area contributed by atoms with Gasteiger partial charge in [0.2, 0.25) is 5.91 Å². The van der Waals surface area contributed by atoms with Crippen LogP contribution in [0.25, 0.3) is 0 Å². The molecule has 2 aromatic rings. The normalized spacial score (nSPS) is 16.5. The van der Waals surface area contributed by atoms with Crippen LogP contribution in [-0.4, -0.2) is 22.3 Å². The number of amides is 1. The molecule has 3 rings (SSSR count). The molecule has 1 aliphatic carbocycles. The Morgan fingerprint density at radius 3 is 2.96 bits per heavy atom. The van der Waals surface area contributed by atoms with Gasteiger partial charge in [0.1, 0.15) is 5.75 Å². The molecule has 0 bridgehead atoms. The van der Waals surface area contributed by atoms with Gasteiger partial charge in [-0.15, -0.1) is 0 Å². The van der Waals surface area contributed by atoms with Crippen LogP contribution in [-0.2, 0) is 18.3 Å². The number of para-hydroxylation sites is 1. The lowest BCUT2D eigenvalue weighted by Gasteiger charge is -2.24. The number of aromatic nitrogens is 2. The van der Waals surface area contributed by atoms with Crippen molar-refractivity contribution in [1.82, 2.24) is 15.1 Å². The van der Waals surface area contributed by atoms with Gasteiger partial charge in [0.25, 0.3) is 0 Å². The van der Waals surface area contributed by atoms with E-state index in [1.807, 2.05) is 49.0 Å². The van der Waals surface area contributed by atoms with Crippen LogP contribution < -0.4 is 10.1 Å². The van der Waals surface area contributed by atoms with Gasteiger partial charge in [-0.2, -0.15) is 5.10 Å². The summed E-state index contributed by atoms with van der Waals surface area (Å²) in [5.41, 5.74) is 3.51. The first kappa shape index (κ1) is 16.6. The molecule has 1 heterocycles. The van der Waals surface area contributed by atoms with Crippen LogP contribution in [0.3, 0.4) is 0 Å². The number of benzene rings is 1. The van der Waals surface area contributed by atoms with Crippen molar-refractivity contribution in [3.05, 3.63) is 47.3 Å². The van der Waals surface area contributed by atoms with Crippen LogP contribution >= 0.6 is 0 Å². The quantitative estimate of drug-likeness (QED) is 0.830. The van der Waals surface area contributed by atoms with E-state index in [2.05, 4.69) is 10.4 Å². The van der Waals surface area contributed by atoms with E-state index in [4.69, 9.17) is 4.74 Å². The van der Waals surface area contributed by atoms with E-state index >= 15 is 0 Å². The number of carbonyl (C=O) groups excluding carboxylic acids is 1. The van der Waals surface area contributed by atoms with Crippen molar-refractivity contribution in [2.75, 3.05) is 6.61 Å². The summed E-state index contributed by atoms with van der Waals surface area (Å²) >= 11 is 0. The molecule has 1 aliphatic rings. The van der Waals surface area contributed by atoms with Crippen molar-refractivity contribution in [1.29, 1.82) is 0 Å². The number of nitrogens with zero attached hydrogens (tertiary/aromatic N) is 2. The van der Waals surface area contributed by atoms with E-state index < -0.39 is 0 Å². The standard InChI is InChI=1S/C19H25N3O2/c1-14-19-16(10-6-11-17(19)22(2)21-14)20-18(23)12-7-13-24-15-8-4-3-5-9-15/h3-5,8-9,16H,6-7,10-13H2,1-2H3,(H,20,23). The Morgan fingerprint density at radius 1 is 1.38 bits per heavy atom. The molecular weight excluding hydrogens is 302 g/mol. The smallest absolute Gasteiger partial charge is 0.220 e. The fourth-order valence-corrected chi connectivity index (χ4v) is 3.44. The number of hydrogen-bond donors (Lipinski definition) is 1. The highest BCUT2D eigenvalue weighted by Crippen LogP contribution is 2.31. The molecule has 0 fully saturated rings. The average Bonchev–Trinajstić information content (AvgIpc) is 2.88. The van der Waals surface area contributed by atoms with Gasteiger partial charge >= 0.3 is 0 Å². The number of fused-ring (bicyclic) bond motifs is 1. The van der Waals surface area contributed by atoms with Gasteiger partial charge in [-0.05, 0) is 44.7 Å². The Hall–Kier alpha value is -2.30. The second-order valence-electron chi connectivity index (χ2n) is 6.35. The lowest BCUT2D eigenvalue weighted by Crippen LogP contribution is -2.31. The van der Waals surface area contributed by atoms with Gasteiger partial charge in [-0.25, -0.2) is 0 Å². The second-order valence-corrected chi connectivity index (χ2v) is 6.35. The monoisotopic (exact) mass is 327 g/mol. The molecule has 1 aromatic carbocycles. The first-order valence-corrected chi connectivity index (χ1v) is 8.64. The fourth-order valence-electron chi connectivity index (χ4n) is 3.44. The highest BCUT2D eigenvalue weighted by Gasteiger charge is 2.27. The van der Waals surface area contributed by atoms with Crippen molar-refractivity contribution in [3.63, 3.8) is 0 Å². The minimum atomic E-state index is 0.0905. The van der Waals surface area contributed by atoms with Crippen LogP contribution in [0.2, 0.25) is 0 Å². The molecule has 0 saturated heterocycles. The lowest BCUT2D eigenvalue weighted by molar-refractivity contribution is -0.122. The highest BCUT2D eigenvalue weighted by molar-refractivity contribution is 5.76. The van der Waals surface area contributed by atoms with Gasteiger partial charge in [-0.1, -0.05) is 18.2 Å². The molecule has 1 aromatic heterocycles. The van der Waals surface area contributed by atoms with Crippen molar-refractivity contribution < 1.29 is 9.53 Å².